The molecule has 0 atom stereocenters. The summed E-state index contributed by atoms with van der Waals surface area (Å²) < 4.78 is 24.6. The number of nitrogens with one attached hydrogen (secondary N) is 1. The van der Waals surface area contributed by atoms with Crippen LogP contribution in [0, 0.1) is 12.7 Å². The van der Waals surface area contributed by atoms with Gasteiger partial charge in [-0.25, -0.2) is 4.39 Å². The molecule has 8 heteroatoms. The number of aryl methyl sites for hydroxylation is 1. The highest BCUT2D eigenvalue weighted by Crippen LogP contribution is 2.34. The molecule has 0 saturated carbocycles. The molecule has 6 nitrogen and oxygen atoms in total. The smallest absolute Gasteiger partial charge is 0.295 e. The zero-order chi connectivity index (χ0) is 21.7. The molecule has 3 rings (SSSR count). The maximum atomic E-state index is 13.4. The lowest BCUT2D eigenvalue weighted by Gasteiger charge is -2.16. The second-order valence-corrected chi connectivity index (χ2v) is 7.47. The lowest BCUT2D eigenvalue weighted by Crippen LogP contribution is -2.33. The van der Waals surface area contributed by atoms with Gasteiger partial charge in [0.2, 0.25) is 0 Å². The van der Waals surface area contributed by atoms with Crippen LogP contribution in [0.2, 0.25) is 0 Å². The molecule has 30 heavy (non-hydrogen) atoms. The minimum atomic E-state index is -0.404. The highest BCUT2D eigenvalue weighted by Gasteiger charge is 2.35. The molecule has 1 fully saturated rings. The monoisotopic (exact) mass is 430 g/mol. The molecule has 1 saturated heterocycles. The number of anilines is 1. The van der Waals surface area contributed by atoms with E-state index < -0.39 is 11.7 Å². The number of amides is 2. The van der Waals surface area contributed by atoms with Gasteiger partial charge in [-0.15, -0.1) is 0 Å². The maximum Gasteiger partial charge on any atom is 0.295 e. The molecule has 0 unspecified atom stereocenters. The molecule has 1 heterocycles. The number of carbonyl (C=O) groups excluding carboxylic acids is 2. The molecule has 0 aliphatic carbocycles. The highest BCUT2D eigenvalue weighted by molar-refractivity contribution is 8.18. The SMILES string of the molecule is CCOc1ccc(C=C2SC(=O)N(CNc3cc(F)ccc3C)C2=O)cc1OCC. The molecule has 1 aliphatic rings. The Kier molecular flexibility index (Phi) is 6.99. The van der Waals surface area contributed by atoms with E-state index in [0.717, 1.165) is 27.8 Å². The van der Waals surface area contributed by atoms with Crippen molar-refractivity contribution in [2.24, 2.45) is 0 Å². The predicted octanol–water partition coefficient (Wildman–Crippen LogP) is 5.04. The van der Waals surface area contributed by atoms with Crippen LogP contribution in [-0.4, -0.2) is 35.9 Å². The third-order valence-electron chi connectivity index (χ3n) is 4.37. The van der Waals surface area contributed by atoms with Crippen LogP contribution in [0.15, 0.2) is 41.3 Å². The molecule has 0 aromatic heterocycles. The first kappa shape index (κ1) is 21.7. The lowest BCUT2D eigenvalue weighted by molar-refractivity contribution is -0.122. The van der Waals surface area contributed by atoms with Crippen LogP contribution in [0.5, 0.6) is 11.5 Å². The van der Waals surface area contributed by atoms with Crippen LogP contribution in [0.1, 0.15) is 25.0 Å². The highest BCUT2D eigenvalue weighted by atomic mass is 32.2. The number of hydrogen-bond acceptors (Lipinski definition) is 6. The Bertz CT molecular complexity index is 993. The van der Waals surface area contributed by atoms with E-state index in [1.54, 1.807) is 30.3 Å². The summed E-state index contributed by atoms with van der Waals surface area (Å²) in [6.07, 6.45) is 1.65. The Morgan fingerprint density at radius 1 is 1.07 bits per heavy atom. The van der Waals surface area contributed by atoms with E-state index in [0.29, 0.717) is 35.3 Å². The Morgan fingerprint density at radius 2 is 1.80 bits per heavy atom. The third-order valence-corrected chi connectivity index (χ3v) is 5.27. The van der Waals surface area contributed by atoms with E-state index in [9.17, 15) is 14.0 Å². The number of halogens is 1. The molecule has 158 valence electrons. The number of nitrogens with zero attached hydrogens (tertiary/aromatic N) is 1. The predicted molar refractivity (Wildman–Crippen MR) is 116 cm³/mol. The van der Waals surface area contributed by atoms with Crippen molar-refractivity contribution in [1.82, 2.24) is 4.90 Å². The van der Waals surface area contributed by atoms with Gasteiger partial charge in [-0.3, -0.25) is 14.5 Å². The first-order valence-corrected chi connectivity index (χ1v) is 10.4. The van der Waals surface area contributed by atoms with Crippen molar-refractivity contribution in [1.29, 1.82) is 0 Å². The number of benzene rings is 2. The summed E-state index contributed by atoms with van der Waals surface area (Å²) in [6, 6.07) is 9.68. The maximum absolute atomic E-state index is 13.4. The zero-order valence-corrected chi connectivity index (χ0v) is 17.8. The molecule has 1 aliphatic heterocycles. The topological polar surface area (TPSA) is 67.9 Å². The summed E-state index contributed by atoms with van der Waals surface area (Å²) >= 11 is 0.865. The van der Waals surface area contributed by atoms with Gasteiger partial charge in [0.25, 0.3) is 11.1 Å². The van der Waals surface area contributed by atoms with Crippen LogP contribution in [0.4, 0.5) is 14.9 Å². The fourth-order valence-corrected chi connectivity index (χ4v) is 3.73. The minimum absolute atomic E-state index is 0.0419. The van der Waals surface area contributed by atoms with Crippen LogP contribution in [0.25, 0.3) is 6.08 Å². The summed E-state index contributed by atoms with van der Waals surface area (Å²) in [4.78, 5) is 26.5. The van der Waals surface area contributed by atoms with Gasteiger partial charge in [0.1, 0.15) is 5.82 Å². The van der Waals surface area contributed by atoms with Crippen molar-refractivity contribution in [2.45, 2.75) is 20.8 Å². The quantitative estimate of drug-likeness (QED) is 0.592. The van der Waals surface area contributed by atoms with Gasteiger partial charge in [0, 0.05) is 5.69 Å². The number of thioether (sulfide) groups is 1. The molecule has 2 aromatic rings. The van der Waals surface area contributed by atoms with Crippen LogP contribution in [0.3, 0.4) is 0 Å². The molecular weight excluding hydrogens is 407 g/mol. The molecule has 0 spiro atoms. The van der Waals surface area contributed by atoms with E-state index in [1.807, 2.05) is 20.8 Å². The molecule has 1 N–H and O–H groups in total. The largest absolute Gasteiger partial charge is 0.490 e. The van der Waals surface area contributed by atoms with Gasteiger partial charge < -0.3 is 14.8 Å². The number of carbonyl (C=O) groups is 2. The van der Waals surface area contributed by atoms with Gasteiger partial charge in [0.15, 0.2) is 11.5 Å². The Balaban J connectivity index is 1.76. The molecular formula is C22H23FN2O4S. The summed E-state index contributed by atoms with van der Waals surface area (Å²) in [5, 5.41) is 2.57. The van der Waals surface area contributed by atoms with Crippen molar-refractivity contribution < 1.29 is 23.5 Å². The van der Waals surface area contributed by atoms with Crippen molar-refractivity contribution in [3.05, 3.63) is 58.2 Å². The fraction of sp³-hybridized carbons (Fsp3) is 0.273. The number of rotatable bonds is 8. The van der Waals surface area contributed by atoms with E-state index in [4.69, 9.17) is 9.47 Å². The molecule has 0 bridgehead atoms. The first-order chi connectivity index (χ1) is 14.4. The van der Waals surface area contributed by atoms with Gasteiger partial charge >= 0.3 is 0 Å². The van der Waals surface area contributed by atoms with Gasteiger partial charge in [0.05, 0.1) is 24.8 Å². The van der Waals surface area contributed by atoms with Crippen molar-refractivity contribution in [3.8, 4) is 11.5 Å². The van der Waals surface area contributed by atoms with Crippen molar-refractivity contribution >= 4 is 34.7 Å². The van der Waals surface area contributed by atoms with Gasteiger partial charge in [-0.05, 0) is 74.0 Å². The summed E-state index contributed by atoms with van der Waals surface area (Å²) in [7, 11) is 0. The van der Waals surface area contributed by atoms with E-state index in [1.165, 1.54) is 12.1 Å². The second kappa shape index (κ2) is 9.67. The number of imide groups is 1. The average molecular weight is 431 g/mol. The lowest BCUT2D eigenvalue weighted by atomic mass is 10.2. The molecule has 0 radical (unpaired) electrons. The standard InChI is InChI=1S/C22H23FN2O4S/c1-4-28-18-9-7-15(10-19(18)29-5-2)11-20-21(26)25(22(27)30-20)13-24-17-12-16(23)8-6-14(17)3/h6-12,24H,4-5,13H2,1-3H3. The Hall–Kier alpha value is -3.00. The van der Waals surface area contributed by atoms with E-state index in [-0.39, 0.29) is 11.9 Å². The first-order valence-electron chi connectivity index (χ1n) is 9.58. The third kappa shape index (κ3) is 4.94. The average Bonchev–Trinajstić information content (AvgIpc) is 2.98. The number of hydrogen-bond donors (Lipinski definition) is 1. The van der Waals surface area contributed by atoms with E-state index in [2.05, 4.69) is 5.32 Å². The number of ether oxygens (including phenoxy) is 2. The summed E-state index contributed by atoms with van der Waals surface area (Å²) in [5.41, 5.74) is 2.07. The molecule has 2 aromatic carbocycles. The zero-order valence-electron chi connectivity index (χ0n) is 17.0. The summed E-state index contributed by atoms with van der Waals surface area (Å²) in [5.74, 6) is 0.408. The minimum Gasteiger partial charge on any atom is -0.490 e. The Labute approximate surface area is 179 Å². The van der Waals surface area contributed by atoms with Crippen molar-refractivity contribution in [2.75, 3.05) is 25.2 Å². The second-order valence-electron chi connectivity index (χ2n) is 6.48. The Morgan fingerprint density at radius 3 is 2.53 bits per heavy atom. The van der Waals surface area contributed by atoms with Crippen molar-refractivity contribution in [3.63, 3.8) is 0 Å². The molecule has 2 amide bonds. The van der Waals surface area contributed by atoms with Gasteiger partial charge in [-0.1, -0.05) is 12.1 Å². The van der Waals surface area contributed by atoms with Crippen LogP contribution < -0.4 is 14.8 Å². The fourth-order valence-electron chi connectivity index (χ4n) is 2.89. The van der Waals surface area contributed by atoms with Crippen LogP contribution >= 0.6 is 11.8 Å². The summed E-state index contributed by atoms with van der Waals surface area (Å²) in [6.45, 7) is 6.53. The normalized spacial score (nSPS) is 15.1. The van der Waals surface area contributed by atoms with E-state index >= 15 is 0 Å². The van der Waals surface area contributed by atoms with Gasteiger partial charge in [-0.2, -0.15) is 0 Å². The van der Waals surface area contributed by atoms with Crippen LogP contribution in [-0.2, 0) is 4.79 Å².